The molecule has 1 amide bonds. The molecule has 0 fully saturated rings. The van der Waals surface area contributed by atoms with Crippen molar-refractivity contribution >= 4 is 21.6 Å². The van der Waals surface area contributed by atoms with E-state index in [1.54, 1.807) is 50.4 Å². The standard InChI is InChI=1S/C25H25F2N3O5S/c1-16-5-3-4-6-24(16)36(32,33)29-14-28-21(12-17-7-9-19(26)20(27)11-17)25(31)30(2)18-8-10-22-23(13-18)35-15-34-22/h3-11,13,21,28-29H,12,14-15H2,1-2H3. The van der Waals surface area contributed by atoms with Gasteiger partial charge < -0.3 is 14.4 Å². The van der Waals surface area contributed by atoms with E-state index in [4.69, 9.17) is 9.47 Å². The lowest BCUT2D eigenvalue weighted by Gasteiger charge is -2.25. The van der Waals surface area contributed by atoms with Crippen molar-refractivity contribution in [1.82, 2.24) is 10.0 Å². The average molecular weight is 518 g/mol. The molecular weight excluding hydrogens is 492 g/mol. The number of halogens is 2. The molecule has 1 atom stereocenters. The molecule has 0 saturated heterocycles. The van der Waals surface area contributed by atoms with E-state index in [1.165, 1.54) is 17.0 Å². The summed E-state index contributed by atoms with van der Waals surface area (Å²) in [7, 11) is -2.30. The predicted octanol–water partition coefficient (Wildman–Crippen LogP) is 3.10. The lowest BCUT2D eigenvalue weighted by molar-refractivity contribution is -0.120. The Balaban J connectivity index is 1.53. The molecule has 1 aliphatic heterocycles. The molecule has 2 N–H and O–H groups in total. The molecule has 0 spiro atoms. The van der Waals surface area contributed by atoms with Gasteiger partial charge in [0.25, 0.3) is 0 Å². The fourth-order valence-electron chi connectivity index (χ4n) is 3.80. The zero-order valence-corrected chi connectivity index (χ0v) is 20.4. The first kappa shape index (κ1) is 25.5. The molecule has 3 aromatic rings. The van der Waals surface area contributed by atoms with Gasteiger partial charge in [0.15, 0.2) is 23.1 Å². The Labute approximate surface area is 207 Å². The van der Waals surface area contributed by atoms with Crippen LogP contribution in [-0.4, -0.2) is 40.9 Å². The third-order valence-corrected chi connectivity index (χ3v) is 7.35. The molecule has 0 saturated carbocycles. The second kappa shape index (κ2) is 10.6. The molecule has 1 heterocycles. The largest absolute Gasteiger partial charge is 0.454 e. The first-order valence-corrected chi connectivity index (χ1v) is 12.5. The van der Waals surface area contributed by atoms with Crippen LogP contribution in [0.2, 0.25) is 0 Å². The minimum Gasteiger partial charge on any atom is -0.454 e. The highest BCUT2D eigenvalue weighted by atomic mass is 32.2. The van der Waals surface area contributed by atoms with E-state index in [2.05, 4.69) is 10.0 Å². The number of hydrogen-bond acceptors (Lipinski definition) is 6. The molecule has 0 radical (unpaired) electrons. The predicted molar refractivity (Wildman–Crippen MR) is 129 cm³/mol. The molecule has 0 aromatic heterocycles. The second-order valence-corrected chi connectivity index (χ2v) is 9.97. The van der Waals surface area contributed by atoms with Crippen LogP contribution in [0.5, 0.6) is 11.5 Å². The van der Waals surface area contributed by atoms with Gasteiger partial charge in [0.1, 0.15) is 0 Å². The van der Waals surface area contributed by atoms with Gasteiger partial charge in [-0.05, 0) is 54.8 Å². The van der Waals surface area contributed by atoms with Gasteiger partial charge in [-0.25, -0.2) is 17.2 Å². The summed E-state index contributed by atoms with van der Waals surface area (Å²) in [5, 5.41) is 2.90. The Morgan fingerprint density at radius 1 is 1.03 bits per heavy atom. The number of carbonyl (C=O) groups is 1. The Hall–Kier alpha value is -3.54. The van der Waals surface area contributed by atoms with Crippen molar-refractivity contribution in [2.75, 3.05) is 25.4 Å². The van der Waals surface area contributed by atoms with Gasteiger partial charge in [0, 0.05) is 18.8 Å². The van der Waals surface area contributed by atoms with Gasteiger partial charge in [-0.3, -0.25) is 10.1 Å². The first-order valence-electron chi connectivity index (χ1n) is 11.1. The summed E-state index contributed by atoms with van der Waals surface area (Å²) in [6.45, 7) is 1.49. The lowest BCUT2D eigenvalue weighted by Crippen LogP contribution is -2.50. The van der Waals surface area contributed by atoms with Crippen molar-refractivity contribution in [3.05, 3.63) is 83.4 Å². The molecular formula is C25H25F2N3O5S. The summed E-state index contributed by atoms with van der Waals surface area (Å²) >= 11 is 0. The highest BCUT2D eigenvalue weighted by molar-refractivity contribution is 7.89. The van der Waals surface area contributed by atoms with Crippen LogP contribution in [0.25, 0.3) is 0 Å². The number of ether oxygens (including phenoxy) is 2. The Morgan fingerprint density at radius 2 is 1.78 bits per heavy atom. The van der Waals surface area contributed by atoms with Gasteiger partial charge in [0.2, 0.25) is 22.7 Å². The van der Waals surface area contributed by atoms with Crippen LogP contribution in [0.1, 0.15) is 11.1 Å². The van der Waals surface area contributed by atoms with Crippen LogP contribution < -0.4 is 24.4 Å². The van der Waals surface area contributed by atoms with Crippen LogP contribution in [0.15, 0.2) is 65.6 Å². The zero-order chi connectivity index (χ0) is 25.9. The molecule has 190 valence electrons. The number of carbonyl (C=O) groups excluding carboxylic acids is 1. The van der Waals surface area contributed by atoms with Crippen molar-refractivity contribution in [2.45, 2.75) is 24.3 Å². The molecule has 0 aliphatic carbocycles. The Kier molecular flexibility index (Phi) is 7.53. The lowest BCUT2D eigenvalue weighted by atomic mass is 10.0. The smallest absolute Gasteiger partial charge is 0.244 e. The van der Waals surface area contributed by atoms with Gasteiger partial charge >= 0.3 is 0 Å². The van der Waals surface area contributed by atoms with Crippen LogP contribution in [0.3, 0.4) is 0 Å². The number of nitrogens with zero attached hydrogens (tertiary/aromatic N) is 1. The fourth-order valence-corrected chi connectivity index (χ4v) is 4.98. The number of anilines is 1. The van der Waals surface area contributed by atoms with Gasteiger partial charge in [-0.15, -0.1) is 0 Å². The molecule has 4 rings (SSSR count). The fraction of sp³-hybridized carbons (Fsp3) is 0.240. The number of likely N-dealkylation sites (N-methyl/N-ethyl adjacent to an activating group) is 1. The number of sulfonamides is 1. The van der Waals surface area contributed by atoms with E-state index in [0.717, 1.165) is 12.1 Å². The van der Waals surface area contributed by atoms with E-state index < -0.39 is 33.6 Å². The quantitative estimate of drug-likeness (QED) is 0.424. The minimum atomic E-state index is -3.85. The van der Waals surface area contributed by atoms with Crippen molar-refractivity contribution in [3.63, 3.8) is 0 Å². The summed E-state index contributed by atoms with van der Waals surface area (Å²) in [6.07, 6.45) is -0.0168. The summed E-state index contributed by atoms with van der Waals surface area (Å²) in [6, 6.07) is 13.9. The third kappa shape index (κ3) is 5.64. The number of benzene rings is 3. The van der Waals surface area contributed by atoms with Crippen molar-refractivity contribution in [3.8, 4) is 11.5 Å². The van der Waals surface area contributed by atoms with Crippen LogP contribution in [-0.2, 0) is 21.2 Å². The maximum Gasteiger partial charge on any atom is 0.244 e. The Bertz CT molecular complexity index is 1380. The molecule has 0 bridgehead atoms. The molecule has 1 aliphatic rings. The van der Waals surface area contributed by atoms with E-state index in [1.807, 2.05) is 0 Å². The van der Waals surface area contributed by atoms with Crippen LogP contribution in [0, 0.1) is 18.6 Å². The first-order chi connectivity index (χ1) is 17.2. The van der Waals surface area contributed by atoms with Crippen molar-refractivity contribution < 1.29 is 31.5 Å². The van der Waals surface area contributed by atoms with Gasteiger partial charge in [0.05, 0.1) is 17.6 Å². The molecule has 3 aromatic carbocycles. The highest BCUT2D eigenvalue weighted by Crippen LogP contribution is 2.35. The maximum absolute atomic E-state index is 13.8. The zero-order valence-electron chi connectivity index (χ0n) is 19.6. The summed E-state index contributed by atoms with van der Waals surface area (Å²) in [4.78, 5) is 14.9. The van der Waals surface area contributed by atoms with Crippen molar-refractivity contribution in [2.24, 2.45) is 0 Å². The number of nitrogens with one attached hydrogen (secondary N) is 2. The van der Waals surface area contributed by atoms with E-state index in [0.29, 0.717) is 28.3 Å². The van der Waals surface area contributed by atoms with Crippen LogP contribution in [0.4, 0.5) is 14.5 Å². The van der Waals surface area contributed by atoms with E-state index >= 15 is 0 Å². The average Bonchev–Trinajstić information content (AvgIpc) is 3.33. The topological polar surface area (TPSA) is 97.0 Å². The maximum atomic E-state index is 13.8. The monoisotopic (exact) mass is 517 g/mol. The highest BCUT2D eigenvalue weighted by Gasteiger charge is 2.26. The molecule has 11 heteroatoms. The molecule has 1 unspecified atom stereocenters. The molecule has 8 nitrogen and oxygen atoms in total. The van der Waals surface area contributed by atoms with Crippen LogP contribution >= 0.6 is 0 Å². The second-order valence-electron chi connectivity index (χ2n) is 8.23. The normalized spacial score (nSPS) is 13.4. The number of fused-ring (bicyclic) bond motifs is 1. The van der Waals surface area contributed by atoms with Gasteiger partial charge in [-0.2, -0.15) is 4.72 Å². The SMILES string of the molecule is Cc1ccccc1S(=O)(=O)NCNC(Cc1ccc(F)c(F)c1)C(=O)N(C)c1ccc2c(c1)OCO2. The van der Waals surface area contributed by atoms with E-state index in [9.17, 15) is 22.0 Å². The van der Waals surface area contributed by atoms with Gasteiger partial charge in [-0.1, -0.05) is 24.3 Å². The summed E-state index contributed by atoms with van der Waals surface area (Å²) in [5.74, 6) is -1.42. The van der Waals surface area contributed by atoms with Crippen molar-refractivity contribution in [1.29, 1.82) is 0 Å². The van der Waals surface area contributed by atoms with E-state index in [-0.39, 0.29) is 24.8 Å². The summed E-state index contributed by atoms with van der Waals surface area (Å²) in [5.41, 5.74) is 1.45. The number of rotatable bonds is 9. The third-order valence-electron chi connectivity index (χ3n) is 5.79. The summed E-state index contributed by atoms with van der Waals surface area (Å²) < 4.78 is 65.8. The minimum absolute atomic E-state index is 0.0168. The molecule has 36 heavy (non-hydrogen) atoms. The number of amides is 1. The number of aryl methyl sites for hydroxylation is 1. The Morgan fingerprint density at radius 3 is 2.53 bits per heavy atom. The number of hydrogen-bond donors (Lipinski definition) is 2.